The van der Waals surface area contributed by atoms with Crippen molar-refractivity contribution in [2.75, 3.05) is 17.6 Å². The van der Waals surface area contributed by atoms with Crippen molar-refractivity contribution in [3.05, 3.63) is 24.0 Å². The van der Waals surface area contributed by atoms with E-state index in [0.717, 1.165) is 18.6 Å². The van der Waals surface area contributed by atoms with E-state index in [1.807, 2.05) is 11.8 Å². The van der Waals surface area contributed by atoms with Gasteiger partial charge in [0, 0.05) is 17.5 Å². The van der Waals surface area contributed by atoms with Crippen molar-refractivity contribution in [3.8, 4) is 0 Å². The van der Waals surface area contributed by atoms with E-state index in [1.165, 1.54) is 12.3 Å². The van der Waals surface area contributed by atoms with Gasteiger partial charge in [-0.25, -0.2) is 14.6 Å². The average Bonchev–Trinajstić information content (AvgIpc) is 2.84. The molecule has 7 heteroatoms. The van der Waals surface area contributed by atoms with E-state index in [9.17, 15) is 9.59 Å². The van der Waals surface area contributed by atoms with Gasteiger partial charge in [-0.15, -0.1) is 0 Å². The topological polar surface area (TPSA) is 91.3 Å². The third kappa shape index (κ3) is 3.63. The third-order valence-electron chi connectivity index (χ3n) is 3.18. The van der Waals surface area contributed by atoms with Crippen molar-refractivity contribution in [2.24, 2.45) is 0 Å². The highest BCUT2D eigenvalue weighted by molar-refractivity contribution is 8.00. The number of nitrogens with zero attached hydrogens (tertiary/aromatic N) is 1. The number of aromatic nitrogens is 1. The van der Waals surface area contributed by atoms with Gasteiger partial charge in [0.25, 0.3) is 0 Å². The molecule has 1 aliphatic rings. The maximum absolute atomic E-state index is 11.8. The summed E-state index contributed by atoms with van der Waals surface area (Å²) in [6.07, 6.45) is 3.62. The predicted octanol–water partition coefficient (Wildman–Crippen LogP) is 2.19. The molecule has 6 nitrogen and oxygen atoms in total. The summed E-state index contributed by atoms with van der Waals surface area (Å²) in [7, 11) is 0. The minimum Gasteiger partial charge on any atom is -0.476 e. The van der Waals surface area contributed by atoms with E-state index in [1.54, 1.807) is 6.07 Å². The predicted molar refractivity (Wildman–Crippen MR) is 78.3 cm³/mol. The number of carboxylic acid groups (broad SMARTS) is 1. The lowest BCUT2D eigenvalue weighted by molar-refractivity contribution is 0.0691. The highest BCUT2D eigenvalue weighted by Gasteiger charge is 2.29. The second kappa shape index (κ2) is 6.13. The number of hydrogen-bond acceptors (Lipinski definition) is 4. The second-order valence-corrected chi connectivity index (χ2v) is 6.60. The molecule has 1 aromatic heterocycles. The van der Waals surface area contributed by atoms with Gasteiger partial charge in [-0.1, -0.05) is 0 Å². The van der Waals surface area contributed by atoms with Crippen LogP contribution in [0.5, 0.6) is 0 Å². The highest BCUT2D eigenvalue weighted by atomic mass is 32.2. The normalized spacial score (nSPS) is 21.4. The number of urea groups is 1. The van der Waals surface area contributed by atoms with E-state index in [0.29, 0.717) is 6.54 Å². The lowest BCUT2D eigenvalue weighted by atomic mass is 10.1. The first-order chi connectivity index (χ1) is 9.50. The number of carbonyl (C=O) groups excluding carboxylic acids is 1. The van der Waals surface area contributed by atoms with Crippen LogP contribution in [-0.2, 0) is 0 Å². The summed E-state index contributed by atoms with van der Waals surface area (Å²) in [5.41, 5.74) is 0.0332. The number of hydrogen-bond donors (Lipinski definition) is 3. The standard InChI is InChI=1S/C13H17N3O3S/c1-13(5-3-7-20-13)8-15-12(19)16-9-4-2-6-14-10(9)11(17)18/h2,4,6H,3,5,7-8H2,1H3,(H,17,18)(H2,15,16,19). The van der Waals surface area contributed by atoms with Crippen molar-refractivity contribution in [2.45, 2.75) is 24.5 Å². The molecule has 0 radical (unpaired) electrons. The molecular formula is C13H17N3O3S. The van der Waals surface area contributed by atoms with Crippen LogP contribution in [0.4, 0.5) is 10.5 Å². The van der Waals surface area contributed by atoms with Crippen molar-refractivity contribution < 1.29 is 14.7 Å². The zero-order valence-corrected chi connectivity index (χ0v) is 12.0. The summed E-state index contributed by atoms with van der Waals surface area (Å²) in [6.45, 7) is 2.68. The molecule has 2 amide bonds. The molecule has 0 spiro atoms. The quantitative estimate of drug-likeness (QED) is 0.792. The largest absolute Gasteiger partial charge is 0.476 e. The monoisotopic (exact) mass is 295 g/mol. The van der Waals surface area contributed by atoms with Crippen molar-refractivity contribution in [1.29, 1.82) is 0 Å². The van der Waals surface area contributed by atoms with Crippen LogP contribution in [0.25, 0.3) is 0 Å². The van der Waals surface area contributed by atoms with E-state index in [4.69, 9.17) is 5.11 Å². The summed E-state index contributed by atoms with van der Waals surface area (Å²) in [4.78, 5) is 26.6. The SMILES string of the molecule is CC1(CNC(=O)Nc2cccnc2C(=O)O)CCCS1. The summed E-state index contributed by atoms with van der Waals surface area (Å²) in [6, 6.07) is 2.69. The minimum absolute atomic E-state index is 0.0713. The van der Waals surface area contributed by atoms with Crippen molar-refractivity contribution >= 4 is 29.4 Å². The summed E-state index contributed by atoms with van der Waals surface area (Å²) < 4.78 is 0.0713. The Morgan fingerprint density at radius 3 is 3.00 bits per heavy atom. The fraction of sp³-hybridized carbons (Fsp3) is 0.462. The van der Waals surface area contributed by atoms with Gasteiger partial charge in [0.1, 0.15) is 0 Å². The number of carbonyl (C=O) groups is 2. The van der Waals surface area contributed by atoms with Crippen molar-refractivity contribution in [3.63, 3.8) is 0 Å². The van der Waals surface area contributed by atoms with E-state index >= 15 is 0 Å². The molecule has 2 heterocycles. The van der Waals surface area contributed by atoms with Crippen LogP contribution in [0, 0.1) is 0 Å². The zero-order valence-electron chi connectivity index (χ0n) is 11.2. The molecule has 1 saturated heterocycles. The van der Waals surface area contributed by atoms with Gasteiger partial charge in [0.05, 0.1) is 5.69 Å². The summed E-state index contributed by atoms with van der Waals surface area (Å²) in [5, 5.41) is 14.3. The van der Waals surface area contributed by atoms with Gasteiger partial charge in [0.2, 0.25) is 0 Å². The summed E-state index contributed by atoms with van der Waals surface area (Å²) in [5.74, 6) is -0.0508. The molecule has 0 aliphatic carbocycles. The Labute approximate surface area is 121 Å². The van der Waals surface area contributed by atoms with Crippen LogP contribution >= 0.6 is 11.8 Å². The third-order valence-corrected chi connectivity index (χ3v) is 4.72. The van der Waals surface area contributed by atoms with Crippen LogP contribution < -0.4 is 10.6 Å². The fourth-order valence-electron chi connectivity index (χ4n) is 2.09. The van der Waals surface area contributed by atoms with Crippen LogP contribution in [0.1, 0.15) is 30.3 Å². The molecule has 1 unspecified atom stereocenters. The van der Waals surface area contributed by atoms with Crippen LogP contribution in [-0.4, -0.2) is 39.1 Å². The van der Waals surface area contributed by atoms with Gasteiger partial charge in [0.15, 0.2) is 5.69 Å². The number of anilines is 1. The number of rotatable bonds is 4. The minimum atomic E-state index is -1.17. The van der Waals surface area contributed by atoms with Crippen LogP contribution in [0.3, 0.4) is 0 Å². The Balaban J connectivity index is 1.93. The molecule has 1 aromatic rings. The number of thioether (sulfide) groups is 1. The molecule has 1 fully saturated rings. The first-order valence-corrected chi connectivity index (χ1v) is 7.36. The maximum atomic E-state index is 11.8. The Hall–Kier alpha value is -1.76. The Bertz CT molecular complexity index is 515. The van der Waals surface area contributed by atoms with Gasteiger partial charge >= 0.3 is 12.0 Å². The molecule has 3 N–H and O–H groups in total. The van der Waals surface area contributed by atoms with Gasteiger partial charge in [-0.2, -0.15) is 11.8 Å². The molecule has 0 aromatic carbocycles. The van der Waals surface area contributed by atoms with Gasteiger partial charge in [-0.3, -0.25) is 0 Å². The lowest BCUT2D eigenvalue weighted by Gasteiger charge is -2.23. The maximum Gasteiger partial charge on any atom is 0.356 e. The molecule has 1 aliphatic heterocycles. The molecule has 20 heavy (non-hydrogen) atoms. The molecule has 0 saturated carbocycles. The second-order valence-electron chi connectivity index (χ2n) is 4.91. The number of carboxylic acids is 1. The highest BCUT2D eigenvalue weighted by Crippen LogP contribution is 2.36. The molecule has 0 bridgehead atoms. The Kier molecular flexibility index (Phi) is 4.49. The Morgan fingerprint density at radius 2 is 2.35 bits per heavy atom. The number of aromatic carboxylic acids is 1. The van der Waals surface area contributed by atoms with Crippen LogP contribution in [0.2, 0.25) is 0 Å². The number of amides is 2. The Morgan fingerprint density at radius 1 is 1.55 bits per heavy atom. The molecule has 108 valence electrons. The van der Waals surface area contributed by atoms with E-state index < -0.39 is 12.0 Å². The van der Waals surface area contributed by atoms with E-state index in [2.05, 4.69) is 22.5 Å². The fourth-order valence-corrected chi connectivity index (χ4v) is 3.33. The molecule has 2 rings (SSSR count). The van der Waals surface area contributed by atoms with E-state index in [-0.39, 0.29) is 16.1 Å². The number of nitrogens with one attached hydrogen (secondary N) is 2. The molecule has 1 atom stereocenters. The van der Waals surface area contributed by atoms with Gasteiger partial charge < -0.3 is 15.7 Å². The van der Waals surface area contributed by atoms with Gasteiger partial charge in [-0.05, 0) is 37.7 Å². The first kappa shape index (κ1) is 14.6. The first-order valence-electron chi connectivity index (χ1n) is 6.37. The summed E-state index contributed by atoms with van der Waals surface area (Å²) >= 11 is 1.85. The van der Waals surface area contributed by atoms with Crippen molar-refractivity contribution in [1.82, 2.24) is 10.3 Å². The molecular weight excluding hydrogens is 278 g/mol. The average molecular weight is 295 g/mol. The zero-order chi connectivity index (χ0) is 14.6. The smallest absolute Gasteiger partial charge is 0.356 e. The van der Waals surface area contributed by atoms with Crippen LogP contribution in [0.15, 0.2) is 18.3 Å². The number of pyridine rings is 1. The lowest BCUT2D eigenvalue weighted by Crippen LogP contribution is -2.39.